The molecule has 1 aromatic rings. The average molecular weight is 268 g/mol. The summed E-state index contributed by atoms with van der Waals surface area (Å²) in [5.41, 5.74) is 2.66. The van der Waals surface area contributed by atoms with Gasteiger partial charge in [0.25, 0.3) is 0 Å². The predicted octanol–water partition coefficient (Wildman–Crippen LogP) is 4.25. The molecule has 0 atom stereocenters. The van der Waals surface area contributed by atoms with Gasteiger partial charge >= 0.3 is 0 Å². The maximum Gasteiger partial charge on any atom is 0.0429 e. The largest absolute Gasteiger partial charge is 0.294 e. The second-order valence-corrected chi connectivity index (χ2v) is 4.35. The first-order valence-corrected chi connectivity index (χ1v) is 6.32. The lowest BCUT2D eigenvalue weighted by Gasteiger charge is -2.03. The summed E-state index contributed by atoms with van der Waals surface area (Å²) >= 11 is 3.55. The van der Waals surface area contributed by atoms with Crippen molar-refractivity contribution in [2.75, 3.05) is 6.54 Å². The van der Waals surface area contributed by atoms with Gasteiger partial charge in [-0.25, -0.2) is 0 Å². The Balaban J connectivity index is 2.51. The van der Waals surface area contributed by atoms with Crippen molar-refractivity contribution in [2.45, 2.75) is 33.1 Å². The molecule has 1 rings (SSSR count). The highest BCUT2D eigenvalue weighted by Crippen LogP contribution is 2.16. The molecule has 0 fully saturated rings. The first kappa shape index (κ1) is 12.4. The normalized spacial score (nSPS) is 10.1. The van der Waals surface area contributed by atoms with E-state index < -0.39 is 0 Å². The highest BCUT2D eigenvalue weighted by atomic mass is 79.9. The second kappa shape index (κ2) is 6.78. The zero-order valence-electron chi connectivity index (χ0n) is 9.46. The summed E-state index contributed by atoms with van der Waals surface area (Å²) in [5.74, 6) is 0. The van der Waals surface area contributed by atoms with Crippen molar-refractivity contribution in [2.24, 2.45) is 4.99 Å². The standard InChI is InChI=1S/C13H18BrN/c1-3-12(4-2)15-10-9-11-7-5-6-8-13(11)14/h5-8H,3-4,9-10H2,1-2H3. The van der Waals surface area contributed by atoms with Gasteiger partial charge < -0.3 is 0 Å². The van der Waals surface area contributed by atoms with Crippen LogP contribution in [0.4, 0.5) is 0 Å². The minimum atomic E-state index is 0.902. The Kier molecular flexibility index (Phi) is 5.62. The Morgan fingerprint density at radius 3 is 2.47 bits per heavy atom. The zero-order chi connectivity index (χ0) is 11.1. The van der Waals surface area contributed by atoms with Crippen molar-refractivity contribution in [3.8, 4) is 0 Å². The maximum atomic E-state index is 4.59. The quantitative estimate of drug-likeness (QED) is 0.708. The second-order valence-electron chi connectivity index (χ2n) is 3.50. The van der Waals surface area contributed by atoms with Gasteiger partial charge in [-0.2, -0.15) is 0 Å². The molecule has 0 aliphatic carbocycles. The van der Waals surface area contributed by atoms with Gasteiger partial charge in [-0.05, 0) is 30.9 Å². The summed E-state index contributed by atoms with van der Waals surface area (Å²) in [4.78, 5) is 4.59. The van der Waals surface area contributed by atoms with Gasteiger partial charge in [-0.15, -0.1) is 0 Å². The van der Waals surface area contributed by atoms with Gasteiger partial charge in [0.05, 0.1) is 0 Å². The van der Waals surface area contributed by atoms with Crippen LogP contribution in [-0.2, 0) is 6.42 Å². The molecule has 1 nitrogen and oxygen atoms in total. The lowest BCUT2D eigenvalue weighted by Crippen LogP contribution is -1.98. The molecule has 0 unspecified atom stereocenters. The molecule has 0 aliphatic heterocycles. The van der Waals surface area contributed by atoms with Gasteiger partial charge in [0, 0.05) is 16.7 Å². The number of halogens is 1. The first-order valence-electron chi connectivity index (χ1n) is 5.53. The molecule has 0 heterocycles. The van der Waals surface area contributed by atoms with Crippen LogP contribution in [0.5, 0.6) is 0 Å². The Labute approximate surface area is 101 Å². The Morgan fingerprint density at radius 2 is 1.87 bits per heavy atom. The average Bonchev–Trinajstić information content (AvgIpc) is 2.27. The molecule has 0 aliphatic rings. The van der Waals surface area contributed by atoms with E-state index in [1.54, 1.807) is 0 Å². The summed E-state index contributed by atoms with van der Waals surface area (Å²) in [5, 5.41) is 0. The molecule has 0 radical (unpaired) electrons. The molecule has 0 saturated heterocycles. The summed E-state index contributed by atoms with van der Waals surface area (Å²) in [6.45, 7) is 5.24. The van der Waals surface area contributed by atoms with Crippen LogP contribution in [0.1, 0.15) is 32.3 Å². The van der Waals surface area contributed by atoms with Crippen LogP contribution in [0.15, 0.2) is 33.7 Å². The Hall–Kier alpha value is -0.630. The zero-order valence-corrected chi connectivity index (χ0v) is 11.0. The fraction of sp³-hybridized carbons (Fsp3) is 0.462. The van der Waals surface area contributed by atoms with Crippen LogP contribution in [0.25, 0.3) is 0 Å². The summed E-state index contributed by atoms with van der Waals surface area (Å²) < 4.78 is 1.19. The summed E-state index contributed by atoms with van der Waals surface area (Å²) in [6, 6.07) is 8.35. The molecule has 0 N–H and O–H groups in total. The van der Waals surface area contributed by atoms with Crippen LogP contribution in [-0.4, -0.2) is 12.3 Å². The first-order chi connectivity index (χ1) is 7.27. The number of nitrogens with zero attached hydrogens (tertiary/aromatic N) is 1. The molecule has 0 saturated carbocycles. The Morgan fingerprint density at radius 1 is 1.20 bits per heavy atom. The molecule has 1 aromatic carbocycles. The lowest BCUT2D eigenvalue weighted by molar-refractivity contribution is 0.943. The molecule has 0 aromatic heterocycles. The summed E-state index contributed by atoms with van der Waals surface area (Å²) in [6.07, 6.45) is 3.17. The van der Waals surface area contributed by atoms with E-state index in [0.717, 1.165) is 25.8 Å². The molecular weight excluding hydrogens is 250 g/mol. The molecule has 2 heteroatoms. The molecule has 82 valence electrons. The number of rotatable bonds is 5. The predicted molar refractivity (Wildman–Crippen MR) is 70.7 cm³/mol. The van der Waals surface area contributed by atoms with Gasteiger partial charge in [0.2, 0.25) is 0 Å². The van der Waals surface area contributed by atoms with Crippen molar-refractivity contribution in [1.29, 1.82) is 0 Å². The molecule has 0 bridgehead atoms. The topological polar surface area (TPSA) is 12.4 Å². The van der Waals surface area contributed by atoms with E-state index in [1.807, 2.05) is 6.07 Å². The third-order valence-corrected chi connectivity index (χ3v) is 3.26. The van der Waals surface area contributed by atoms with Gasteiger partial charge in [-0.1, -0.05) is 48.0 Å². The van der Waals surface area contributed by atoms with Crippen molar-refractivity contribution < 1.29 is 0 Å². The highest BCUT2D eigenvalue weighted by molar-refractivity contribution is 9.10. The SMILES string of the molecule is CCC(CC)=NCCc1ccccc1Br. The van der Waals surface area contributed by atoms with E-state index in [1.165, 1.54) is 15.7 Å². The van der Waals surface area contributed by atoms with Crippen molar-refractivity contribution in [1.82, 2.24) is 0 Å². The van der Waals surface area contributed by atoms with E-state index in [4.69, 9.17) is 0 Å². The van der Waals surface area contributed by atoms with Crippen molar-refractivity contribution >= 4 is 21.6 Å². The van der Waals surface area contributed by atoms with E-state index in [0.29, 0.717) is 0 Å². The summed E-state index contributed by atoms with van der Waals surface area (Å²) in [7, 11) is 0. The minimum Gasteiger partial charge on any atom is -0.294 e. The number of aliphatic imine (C=N–C) groups is 1. The van der Waals surface area contributed by atoms with Crippen molar-refractivity contribution in [3.05, 3.63) is 34.3 Å². The highest BCUT2D eigenvalue weighted by Gasteiger charge is 1.97. The minimum absolute atomic E-state index is 0.902. The molecular formula is C13H18BrN. The number of hydrogen-bond acceptors (Lipinski definition) is 1. The van der Waals surface area contributed by atoms with Crippen molar-refractivity contribution in [3.63, 3.8) is 0 Å². The van der Waals surface area contributed by atoms with E-state index in [9.17, 15) is 0 Å². The molecule has 0 amide bonds. The fourth-order valence-electron chi connectivity index (χ4n) is 1.51. The van der Waals surface area contributed by atoms with Crippen LogP contribution in [0.3, 0.4) is 0 Å². The third-order valence-electron chi connectivity index (χ3n) is 2.49. The van der Waals surface area contributed by atoms with Crippen LogP contribution in [0, 0.1) is 0 Å². The van der Waals surface area contributed by atoms with E-state index >= 15 is 0 Å². The monoisotopic (exact) mass is 267 g/mol. The molecule has 15 heavy (non-hydrogen) atoms. The number of benzene rings is 1. The Bertz CT molecular complexity index is 325. The van der Waals surface area contributed by atoms with Crippen LogP contribution < -0.4 is 0 Å². The number of hydrogen-bond donors (Lipinski definition) is 0. The van der Waals surface area contributed by atoms with E-state index in [2.05, 4.69) is 53.0 Å². The maximum absolute atomic E-state index is 4.59. The van der Waals surface area contributed by atoms with Gasteiger partial charge in [0.15, 0.2) is 0 Å². The lowest BCUT2D eigenvalue weighted by atomic mass is 10.1. The van der Waals surface area contributed by atoms with E-state index in [-0.39, 0.29) is 0 Å². The van der Waals surface area contributed by atoms with Gasteiger partial charge in [-0.3, -0.25) is 4.99 Å². The van der Waals surface area contributed by atoms with Gasteiger partial charge in [0.1, 0.15) is 0 Å². The molecule has 0 spiro atoms. The fourth-order valence-corrected chi connectivity index (χ4v) is 1.99. The van der Waals surface area contributed by atoms with Crippen LogP contribution >= 0.6 is 15.9 Å². The van der Waals surface area contributed by atoms with Crippen LogP contribution in [0.2, 0.25) is 0 Å². The smallest absolute Gasteiger partial charge is 0.0429 e. The third kappa shape index (κ3) is 4.17.